The molecule has 0 bridgehead atoms. The molecule has 0 unspecified atom stereocenters. The predicted octanol–water partition coefficient (Wildman–Crippen LogP) is 3.59. The van der Waals surface area contributed by atoms with Gasteiger partial charge < -0.3 is 15.3 Å². The van der Waals surface area contributed by atoms with Crippen molar-refractivity contribution < 1.29 is 14.7 Å². The topological polar surface area (TPSA) is 106 Å². The Bertz CT molecular complexity index is 1020. The van der Waals surface area contributed by atoms with Crippen molar-refractivity contribution in [1.82, 2.24) is 4.98 Å². The molecular formula is C22H22N4O3. The number of aromatic carboxylic acids is 1. The molecule has 2 aromatic rings. The maximum absolute atomic E-state index is 12.6. The quantitative estimate of drug-likeness (QED) is 0.826. The van der Waals surface area contributed by atoms with Gasteiger partial charge >= 0.3 is 5.97 Å². The summed E-state index contributed by atoms with van der Waals surface area (Å²) in [7, 11) is 0. The summed E-state index contributed by atoms with van der Waals surface area (Å²) in [5.41, 5.74) is 2.17. The third-order valence-corrected chi connectivity index (χ3v) is 5.89. The van der Waals surface area contributed by atoms with Crippen molar-refractivity contribution in [3.05, 3.63) is 53.2 Å². The molecular weight excluding hydrogens is 368 g/mol. The molecule has 1 aliphatic carbocycles. The number of carboxylic acid groups (broad SMARTS) is 1. The van der Waals surface area contributed by atoms with Crippen molar-refractivity contribution in [3.63, 3.8) is 0 Å². The largest absolute Gasteiger partial charge is 0.478 e. The molecule has 1 aliphatic heterocycles. The average molecular weight is 390 g/mol. The fourth-order valence-corrected chi connectivity index (χ4v) is 4.48. The van der Waals surface area contributed by atoms with Gasteiger partial charge in [-0.15, -0.1) is 0 Å². The maximum Gasteiger partial charge on any atom is 0.339 e. The maximum atomic E-state index is 12.6. The molecule has 0 spiro atoms. The number of rotatable bonds is 4. The van der Waals surface area contributed by atoms with E-state index in [0.29, 0.717) is 11.5 Å². The third-order valence-electron chi connectivity index (χ3n) is 5.89. The van der Waals surface area contributed by atoms with Gasteiger partial charge in [-0.25, -0.2) is 9.78 Å². The van der Waals surface area contributed by atoms with Crippen molar-refractivity contribution in [2.45, 2.75) is 38.8 Å². The van der Waals surface area contributed by atoms with Gasteiger partial charge in [0.1, 0.15) is 11.4 Å². The predicted molar refractivity (Wildman–Crippen MR) is 108 cm³/mol. The van der Waals surface area contributed by atoms with E-state index in [9.17, 15) is 20.0 Å². The van der Waals surface area contributed by atoms with Crippen LogP contribution in [0.5, 0.6) is 0 Å². The summed E-state index contributed by atoms with van der Waals surface area (Å²) in [4.78, 5) is 30.3. The highest BCUT2D eigenvalue weighted by Gasteiger charge is 2.47. The molecule has 29 heavy (non-hydrogen) atoms. The zero-order valence-electron chi connectivity index (χ0n) is 16.3. The Morgan fingerprint density at radius 1 is 1.31 bits per heavy atom. The van der Waals surface area contributed by atoms with Crippen molar-refractivity contribution in [3.8, 4) is 6.07 Å². The molecule has 0 radical (unpaired) electrons. The second-order valence-corrected chi connectivity index (χ2v) is 7.79. The molecule has 3 atom stereocenters. The highest BCUT2D eigenvalue weighted by molar-refractivity contribution is 5.95. The minimum Gasteiger partial charge on any atom is -0.478 e. The van der Waals surface area contributed by atoms with Gasteiger partial charge in [-0.1, -0.05) is 6.92 Å². The Kier molecular flexibility index (Phi) is 4.71. The van der Waals surface area contributed by atoms with E-state index < -0.39 is 5.97 Å². The molecule has 2 N–H and O–H groups in total. The van der Waals surface area contributed by atoms with Crippen molar-refractivity contribution in [2.75, 3.05) is 10.2 Å². The molecule has 1 aromatic carbocycles. The monoisotopic (exact) mass is 390 g/mol. The lowest BCUT2D eigenvalue weighted by Crippen LogP contribution is -2.51. The van der Waals surface area contributed by atoms with Crippen LogP contribution in [-0.4, -0.2) is 28.0 Å². The van der Waals surface area contributed by atoms with E-state index in [0.717, 1.165) is 24.1 Å². The van der Waals surface area contributed by atoms with Gasteiger partial charge in [0.25, 0.3) is 0 Å². The number of benzene rings is 1. The summed E-state index contributed by atoms with van der Waals surface area (Å²) in [5, 5.41) is 22.2. The highest BCUT2D eigenvalue weighted by atomic mass is 16.4. The van der Waals surface area contributed by atoms with E-state index in [-0.39, 0.29) is 35.3 Å². The lowest BCUT2D eigenvalue weighted by molar-refractivity contribution is -0.117. The molecule has 0 saturated heterocycles. The van der Waals surface area contributed by atoms with Gasteiger partial charge in [-0.3, -0.25) is 4.79 Å². The number of nitriles is 1. The molecule has 7 nitrogen and oxygen atoms in total. The van der Waals surface area contributed by atoms with E-state index in [4.69, 9.17) is 0 Å². The van der Waals surface area contributed by atoms with Crippen LogP contribution in [0, 0.1) is 23.2 Å². The van der Waals surface area contributed by atoms with Crippen LogP contribution < -0.4 is 10.2 Å². The van der Waals surface area contributed by atoms with Gasteiger partial charge in [0.15, 0.2) is 0 Å². The van der Waals surface area contributed by atoms with Crippen LogP contribution in [0.4, 0.5) is 11.5 Å². The first kappa shape index (κ1) is 18.9. The lowest BCUT2D eigenvalue weighted by atomic mass is 9.79. The van der Waals surface area contributed by atoms with Gasteiger partial charge in [-0.05, 0) is 54.7 Å². The summed E-state index contributed by atoms with van der Waals surface area (Å²) in [6.45, 7) is 3.64. The second kappa shape index (κ2) is 7.21. The van der Waals surface area contributed by atoms with Crippen molar-refractivity contribution in [1.29, 1.82) is 5.26 Å². The van der Waals surface area contributed by atoms with E-state index in [2.05, 4.69) is 23.3 Å². The number of aromatic nitrogens is 1. The molecule has 4 rings (SSSR count). The molecule has 1 fully saturated rings. The number of carbonyl (C=O) groups is 2. The first-order chi connectivity index (χ1) is 13.9. The fraction of sp³-hybridized carbons (Fsp3) is 0.364. The molecule has 2 aliphatic rings. The normalized spacial score (nSPS) is 23.1. The Balaban J connectivity index is 1.85. The van der Waals surface area contributed by atoms with Gasteiger partial charge in [0, 0.05) is 30.8 Å². The number of hydrogen-bond donors (Lipinski definition) is 2. The van der Waals surface area contributed by atoms with E-state index in [1.165, 1.54) is 6.07 Å². The van der Waals surface area contributed by atoms with Crippen LogP contribution in [0.1, 0.15) is 54.2 Å². The Morgan fingerprint density at radius 3 is 2.69 bits per heavy atom. The van der Waals surface area contributed by atoms with Gasteiger partial charge in [-0.2, -0.15) is 5.26 Å². The second-order valence-electron chi connectivity index (χ2n) is 7.79. The van der Waals surface area contributed by atoms with Crippen molar-refractivity contribution in [2.24, 2.45) is 11.8 Å². The van der Waals surface area contributed by atoms with Crippen LogP contribution in [0.15, 0.2) is 36.5 Å². The zero-order chi connectivity index (χ0) is 20.7. The highest BCUT2D eigenvalue weighted by Crippen LogP contribution is 2.50. The number of pyridine rings is 1. The van der Waals surface area contributed by atoms with Crippen LogP contribution in [0.3, 0.4) is 0 Å². The first-order valence-corrected chi connectivity index (χ1v) is 9.71. The summed E-state index contributed by atoms with van der Waals surface area (Å²) < 4.78 is 0. The molecule has 1 saturated carbocycles. The van der Waals surface area contributed by atoms with Gasteiger partial charge in [0.2, 0.25) is 5.91 Å². The van der Waals surface area contributed by atoms with Gasteiger partial charge in [0.05, 0.1) is 17.7 Å². The number of carbonyl (C=O) groups excluding carboxylic acids is 1. The fourth-order valence-electron chi connectivity index (χ4n) is 4.48. The van der Waals surface area contributed by atoms with Crippen molar-refractivity contribution >= 4 is 23.4 Å². The Morgan fingerprint density at radius 2 is 2.07 bits per heavy atom. The molecule has 2 heterocycles. The Hall–Kier alpha value is -3.40. The summed E-state index contributed by atoms with van der Waals surface area (Å²) >= 11 is 0. The number of carboxylic acids is 1. The summed E-state index contributed by atoms with van der Waals surface area (Å²) in [6.07, 6.45) is 3.69. The van der Waals surface area contributed by atoms with Crippen LogP contribution >= 0.6 is 0 Å². The molecule has 148 valence electrons. The summed E-state index contributed by atoms with van der Waals surface area (Å²) in [5.74, 6) is -0.362. The van der Waals surface area contributed by atoms with E-state index in [1.54, 1.807) is 31.3 Å². The standard InChI is InChI=1S/C22H22N4O3/c1-12-19(25-21-16(22(28)29)4-3-9-24-21)17-10-14(11-23)5-8-18(17)26(13(2)27)20(12)15-6-7-15/h3-5,8-10,12,15,19-20H,6-7H2,1-2H3,(H,24,25)(H,28,29)/t12-,19-,20+/m1/s1. The number of nitrogens with one attached hydrogen (secondary N) is 1. The smallest absolute Gasteiger partial charge is 0.339 e. The van der Waals surface area contributed by atoms with E-state index in [1.807, 2.05) is 11.0 Å². The Labute approximate surface area is 169 Å². The number of hydrogen-bond acceptors (Lipinski definition) is 5. The lowest BCUT2D eigenvalue weighted by Gasteiger charge is -2.46. The minimum absolute atomic E-state index is 0.0106. The van der Waals surface area contributed by atoms with Crippen LogP contribution in [0.2, 0.25) is 0 Å². The zero-order valence-corrected chi connectivity index (χ0v) is 16.3. The number of nitrogens with zero attached hydrogens (tertiary/aromatic N) is 3. The molecule has 1 amide bonds. The van der Waals surface area contributed by atoms with Crippen LogP contribution in [0.25, 0.3) is 0 Å². The first-order valence-electron chi connectivity index (χ1n) is 9.71. The SMILES string of the molecule is CC(=O)N1c2ccc(C#N)cc2[C@H](Nc2ncccc2C(=O)O)[C@@H](C)[C@H]1C1CC1. The van der Waals surface area contributed by atoms with E-state index >= 15 is 0 Å². The average Bonchev–Trinajstić information content (AvgIpc) is 3.54. The number of anilines is 2. The molecule has 1 aromatic heterocycles. The summed E-state index contributed by atoms with van der Waals surface area (Å²) in [6, 6.07) is 10.3. The number of amides is 1. The number of fused-ring (bicyclic) bond motifs is 1. The van der Waals surface area contributed by atoms with Crippen LogP contribution in [-0.2, 0) is 4.79 Å². The third kappa shape index (κ3) is 3.31. The minimum atomic E-state index is -1.06. The molecule has 7 heteroatoms.